The molecule has 0 saturated carbocycles. The Kier molecular flexibility index (Phi) is 7.58. The van der Waals surface area contributed by atoms with Crippen molar-refractivity contribution in [2.24, 2.45) is 4.99 Å². The minimum absolute atomic E-state index is 0.0181. The first-order valence-corrected chi connectivity index (χ1v) is 10.4. The predicted molar refractivity (Wildman–Crippen MR) is 112 cm³/mol. The zero-order valence-electron chi connectivity index (χ0n) is 15.8. The molecule has 7 heteroatoms. The number of methoxy groups -OCH3 is 1. The molecule has 2 rings (SSSR count). The van der Waals surface area contributed by atoms with Gasteiger partial charge in [-0.15, -0.1) is 0 Å². The first-order valence-electron chi connectivity index (χ1n) is 8.75. The van der Waals surface area contributed by atoms with Crippen LogP contribution in [0.4, 0.5) is 0 Å². The molecule has 1 heterocycles. The van der Waals surface area contributed by atoms with Crippen LogP contribution in [0.15, 0.2) is 26.5 Å². The summed E-state index contributed by atoms with van der Waals surface area (Å²) in [6.07, 6.45) is 2.87. The predicted octanol–water partition coefficient (Wildman–Crippen LogP) is 4.95. The van der Waals surface area contributed by atoms with Crippen molar-refractivity contribution in [1.82, 2.24) is 4.90 Å². The molecule has 26 heavy (non-hydrogen) atoms. The van der Waals surface area contributed by atoms with E-state index in [1.165, 1.54) is 11.8 Å². The Morgan fingerprint density at radius 1 is 1.31 bits per heavy atom. The number of ether oxygens (including phenoxy) is 2. The van der Waals surface area contributed by atoms with Crippen LogP contribution in [0.1, 0.15) is 39.7 Å². The average Bonchev–Trinajstić information content (AvgIpc) is 2.92. The second-order valence-electron chi connectivity index (χ2n) is 5.78. The summed E-state index contributed by atoms with van der Waals surface area (Å²) < 4.78 is 12.2. The lowest BCUT2D eigenvalue weighted by atomic mass is 10.1. The van der Waals surface area contributed by atoms with Gasteiger partial charge in [0.1, 0.15) is 0 Å². The Morgan fingerprint density at radius 3 is 2.62 bits per heavy atom. The number of carbonyl (C=O) groups excluding carboxylic acids is 1. The highest BCUT2D eigenvalue weighted by atomic mass is 79.9. The van der Waals surface area contributed by atoms with Crippen LogP contribution in [0.2, 0.25) is 0 Å². The van der Waals surface area contributed by atoms with Crippen molar-refractivity contribution >= 4 is 44.8 Å². The van der Waals surface area contributed by atoms with Crippen molar-refractivity contribution in [3.8, 4) is 11.5 Å². The number of amides is 1. The normalized spacial score (nSPS) is 18.7. The fraction of sp³-hybridized carbons (Fsp3) is 0.474. The van der Waals surface area contributed by atoms with E-state index < -0.39 is 0 Å². The maximum atomic E-state index is 12.6. The topological polar surface area (TPSA) is 51.1 Å². The van der Waals surface area contributed by atoms with E-state index >= 15 is 0 Å². The quantitative estimate of drug-likeness (QED) is 0.562. The van der Waals surface area contributed by atoms with E-state index in [0.29, 0.717) is 29.5 Å². The van der Waals surface area contributed by atoms with Gasteiger partial charge >= 0.3 is 0 Å². The summed E-state index contributed by atoms with van der Waals surface area (Å²) in [7, 11) is 1.62. The summed E-state index contributed by atoms with van der Waals surface area (Å²) in [4.78, 5) is 19.4. The molecule has 0 unspecified atom stereocenters. The smallest absolute Gasteiger partial charge is 0.266 e. The van der Waals surface area contributed by atoms with E-state index in [1.54, 1.807) is 12.0 Å². The fourth-order valence-electron chi connectivity index (χ4n) is 2.39. The van der Waals surface area contributed by atoms with E-state index in [9.17, 15) is 4.79 Å². The highest BCUT2D eigenvalue weighted by Crippen LogP contribution is 2.38. The molecule has 5 nitrogen and oxygen atoms in total. The number of nitrogens with zero attached hydrogens (tertiary/aromatic N) is 2. The number of likely N-dealkylation sites (N-methyl/N-ethyl adjacent to an activating group) is 1. The zero-order valence-corrected chi connectivity index (χ0v) is 18.2. The standard InChI is InChI=1S/C19H25BrN2O3S/c1-6-12(4)25-16-11-14(20)13(9-15(16)24-5)10-17-18(23)22(8-3)19(26-17)21-7-2/h9-12H,6-8H2,1-5H3/b17-10-,21-19?/t12-/m1/s1. The molecule has 1 aliphatic heterocycles. The zero-order chi connectivity index (χ0) is 19.3. The Morgan fingerprint density at radius 2 is 2.04 bits per heavy atom. The molecule has 142 valence electrons. The van der Waals surface area contributed by atoms with Gasteiger partial charge in [0.2, 0.25) is 0 Å². The SMILES string of the molecule is CCN=C1S/C(=C\c2cc(OC)c(O[C@H](C)CC)cc2Br)C(=O)N1CC. The minimum atomic E-state index is -0.0181. The first kappa shape index (κ1) is 20.8. The molecular weight excluding hydrogens is 416 g/mol. The molecule has 0 N–H and O–H groups in total. The van der Waals surface area contributed by atoms with E-state index in [0.717, 1.165) is 21.6 Å². The van der Waals surface area contributed by atoms with Crippen LogP contribution >= 0.6 is 27.7 Å². The molecule has 1 saturated heterocycles. The third-order valence-electron chi connectivity index (χ3n) is 3.97. The number of thioether (sulfide) groups is 1. The Balaban J connectivity index is 2.38. The van der Waals surface area contributed by atoms with Gasteiger partial charge in [-0.1, -0.05) is 22.9 Å². The van der Waals surface area contributed by atoms with Crippen LogP contribution < -0.4 is 9.47 Å². The number of hydrogen-bond donors (Lipinski definition) is 0. The van der Waals surface area contributed by atoms with Crippen molar-refractivity contribution in [3.63, 3.8) is 0 Å². The second-order valence-corrected chi connectivity index (χ2v) is 7.64. The molecule has 0 aromatic heterocycles. The monoisotopic (exact) mass is 440 g/mol. The van der Waals surface area contributed by atoms with Crippen LogP contribution in [0, 0.1) is 0 Å². The van der Waals surface area contributed by atoms with Crippen LogP contribution in [-0.4, -0.2) is 42.3 Å². The van der Waals surface area contributed by atoms with Gasteiger partial charge < -0.3 is 9.47 Å². The number of halogens is 1. The van der Waals surface area contributed by atoms with E-state index in [1.807, 2.05) is 39.0 Å². The molecule has 0 bridgehead atoms. The van der Waals surface area contributed by atoms with Crippen molar-refractivity contribution in [3.05, 3.63) is 27.1 Å². The van der Waals surface area contributed by atoms with Gasteiger partial charge in [0.25, 0.3) is 5.91 Å². The summed E-state index contributed by atoms with van der Waals surface area (Å²) in [5, 5.41) is 0.756. The summed E-state index contributed by atoms with van der Waals surface area (Å²) in [6, 6.07) is 3.77. The molecule has 1 aromatic rings. The molecule has 1 aliphatic rings. The molecule has 1 aromatic carbocycles. The van der Waals surface area contributed by atoms with Gasteiger partial charge in [-0.25, -0.2) is 0 Å². The van der Waals surface area contributed by atoms with Gasteiger partial charge in [0, 0.05) is 17.6 Å². The molecular formula is C19H25BrN2O3S. The number of hydrogen-bond acceptors (Lipinski definition) is 5. The van der Waals surface area contributed by atoms with Gasteiger partial charge in [-0.2, -0.15) is 0 Å². The Bertz CT molecular complexity index is 734. The van der Waals surface area contributed by atoms with Gasteiger partial charge in [-0.05, 0) is 62.7 Å². The Hall–Kier alpha value is -1.47. The van der Waals surface area contributed by atoms with Crippen molar-refractivity contribution < 1.29 is 14.3 Å². The van der Waals surface area contributed by atoms with Gasteiger partial charge in [0.15, 0.2) is 16.7 Å². The summed E-state index contributed by atoms with van der Waals surface area (Å²) in [5.74, 6) is 1.31. The largest absolute Gasteiger partial charge is 0.493 e. The minimum Gasteiger partial charge on any atom is -0.493 e. The first-order chi connectivity index (χ1) is 12.4. The van der Waals surface area contributed by atoms with Crippen molar-refractivity contribution in [2.75, 3.05) is 20.2 Å². The summed E-state index contributed by atoms with van der Waals surface area (Å²) in [5.41, 5.74) is 0.864. The lowest BCUT2D eigenvalue weighted by molar-refractivity contribution is -0.122. The molecule has 1 fully saturated rings. The number of rotatable bonds is 7. The molecule has 0 radical (unpaired) electrons. The number of benzene rings is 1. The molecule has 1 amide bonds. The van der Waals surface area contributed by atoms with Crippen molar-refractivity contribution in [1.29, 1.82) is 0 Å². The Labute approximate surface area is 168 Å². The maximum Gasteiger partial charge on any atom is 0.266 e. The maximum absolute atomic E-state index is 12.6. The summed E-state index contributed by atoms with van der Waals surface area (Å²) >= 11 is 4.99. The average molecular weight is 441 g/mol. The van der Waals surface area contributed by atoms with Crippen LogP contribution in [0.3, 0.4) is 0 Å². The van der Waals surface area contributed by atoms with Crippen LogP contribution in [0.25, 0.3) is 6.08 Å². The fourth-order valence-corrected chi connectivity index (χ4v) is 3.93. The van der Waals surface area contributed by atoms with E-state index in [-0.39, 0.29) is 12.0 Å². The van der Waals surface area contributed by atoms with E-state index in [2.05, 4.69) is 27.8 Å². The van der Waals surface area contributed by atoms with Crippen LogP contribution in [0.5, 0.6) is 11.5 Å². The van der Waals surface area contributed by atoms with E-state index in [4.69, 9.17) is 9.47 Å². The van der Waals surface area contributed by atoms with Crippen molar-refractivity contribution in [2.45, 2.75) is 40.2 Å². The third kappa shape index (κ3) is 4.62. The number of carbonyl (C=O) groups is 1. The highest BCUT2D eigenvalue weighted by Gasteiger charge is 2.32. The number of amidine groups is 1. The van der Waals surface area contributed by atoms with Crippen LogP contribution in [-0.2, 0) is 4.79 Å². The highest BCUT2D eigenvalue weighted by molar-refractivity contribution is 9.10. The molecule has 1 atom stereocenters. The molecule has 0 spiro atoms. The van der Waals surface area contributed by atoms with Gasteiger partial charge in [0.05, 0.1) is 18.1 Å². The third-order valence-corrected chi connectivity index (χ3v) is 5.70. The number of aliphatic imine (C=N–C) groups is 1. The molecule has 0 aliphatic carbocycles. The van der Waals surface area contributed by atoms with Gasteiger partial charge in [-0.3, -0.25) is 14.7 Å². The second kappa shape index (κ2) is 9.46. The summed E-state index contributed by atoms with van der Waals surface area (Å²) in [6.45, 7) is 9.26. The lowest BCUT2D eigenvalue weighted by Crippen LogP contribution is -2.28. The lowest BCUT2D eigenvalue weighted by Gasteiger charge is -2.17.